The molecule has 2 aliphatic heterocycles. The zero-order valence-corrected chi connectivity index (χ0v) is 28.8. The van der Waals surface area contributed by atoms with Crippen molar-refractivity contribution in [3.63, 3.8) is 0 Å². The lowest BCUT2D eigenvalue weighted by molar-refractivity contribution is -0.144. The number of nitrogens with zero attached hydrogens (tertiary/aromatic N) is 5. The van der Waals surface area contributed by atoms with Crippen molar-refractivity contribution in [1.82, 2.24) is 24.3 Å². The number of aromatic nitrogens is 3. The number of thiophene rings is 1. The summed E-state index contributed by atoms with van der Waals surface area (Å²) in [7, 11) is 0. The Morgan fingerprint density at radius 2 is 1.94 bits per heavy atom. The number of halogens is 4. The third kappa shape index (κ3) is 6.82. The Hall–Kier alpha value is -3.52. The fourth-order valence-corrected chi connectivity index (χ4v) is 9.17. The molecule has 1 aromatic carbocycles. The number of rotatable bonds is 8. The van der Waals surface area contributed by atoms with Crippen molar-refractivity contribution in [3.05, 3.63) is 73.4 Å². The Morgan fingerprint density at radius 1 is 1.14 bits per heavy atom. The van der Waals surface area contributed by atoms with Crippen LogP contribution in [0.3, 0.4) is 0 Å². The molecule has 7 rings (SSSR count). The van der Waals surface area contributed by atoms with Crippen LogP contribution in [0.5, 0.6) is 5.75 Å². The predicted molar refractivity (Wildman–Crippen MR) is 182 cm³/mol. The van der Waals surface area contributed by atoms with Gasteiger partial charge in [0.1, 0.15) is 18.2 Å². The first-order valence-corrected chi connectivity index (χ1v) is 17.7. The molecule has 0 amide bonds. The van der Waals surface area contributed by atoms with Crippen molar-refractivity contribution in [2.75, 3.05) is 39.3 Å². The van der Waals surface area contributed by atoms with E-state index in [1.165, 1.54) is 16.2 Å². The van der Waals surface area contributed by atoms with Gasteiger partial charge in [-0.15, -0.1) is 11.3 Å². The van der Waals surface area contributed by atoms with Gasteiger partial charge < -0.3 is 9.84 Å². The molecule has 2 saturated heterocycles. The van der Waals surface area contributed by atoms with Crippen LogP contribution in [0.2, 0.25) is 5.02 Å². The van der Waals surface area contributed by atoms with E-state index in [0.717, 1.165) is 43.6 Å². The monoisotopic (exact) mass is 715 g/mol. The van der Waals surface area contributed by atoms with E-state index in [1.54, 1.807) is 28.1 Å². The van der Waals surface area contributed by atoms with E-state index in [2.05, 4.69) is 9.88 Å². The zero-order chi connectivity index (χ0) is 34.7. The van der Waals surface area contributed by atoms with Crippen molar-refractivity contribution in [2.45, 2.75) is 64.7 Å². The van der Waals surface area contributed by atoms with E-state index >= 15 is 0 Å². The molecule has 1 unspecified atom stereocenters. The number of alkyl halides is 3. The van der Waals surface area contributed by atoms with Crippen LogP contribution in [-0.2, 0) is 19.4 Å². The Balaban J connectivity index is 1.06. The van der Waals surface area contributed by atoms with Gasteiger partial charge in [0.05, 0.1) is 34.6 Å². The van der Waals surface area contributed by atoms with Gasteiger partial charge >= 0.3 is 12.1 Å². The average Bonchev–Trinajstić information content (AvgIpc) is 3.76. The van der Waals surface area contributed by atoms with Crippen LogP contribution < -0.4 is 10.3 Å². The second-order valence-electron chi connectivity index (χ2n) is 13.7. The lowest BCUT2D eigenvalue weighted by Crippen LogP contribution is -2.43. The minimum atomic E-state index is -4.19. The number of carboxylic acids is 1. The van der Waals surface area contributed by atoms with Crippen LogP contribution in [0.1, 0.15) is 52.4 Å². The Labute approximate surface area is 290 Å². The molecule has 0 radical (unpaired) electrons. The van der Waals surface area contributed by atoms with Crippen LogP contribution in [0.4, 0.5) is 13.2 Å². The van der Waals surface area contributed by atoms with Crippen molar-refractivity contribution in [3.8, 4) is 16.9 Å². The lowest BCUT2D eigenvalue weighted by atomic mass is 9.86. The van der Waals surface area contributed by atoms with Gasteiger partial charge in [-0.05, 0) is 88.7 Å². The fraction of sp³-hybridized carbons (Fsp3) is 0.486. The third-order valence-electron chi connectivity index (χ3n) is 10.3. The highest BCUT2D eigenvalue weighted by Gasteiger charge is 2.47. The maximum absolute atomic E-state index is 13.9. The zero-order valence-electron chi connectivity index (χ0n) is 27.3. The summed E-state index contributed by atoms with van der Waals surface area (Å²) in [6.07, 6.45) is -0.405. The smallest absolute Gasteiger partial charge is 0.401 e. The van der Waals surface area contributed by atoms with Crippen molar-refractivity contribution < 1.29 is 27.8 Å². The van der Waals surface area contributed by atoms with Gasteiger partial charge in [0.15, 0.2) is 0 Å². The normalized spacial score (nSPS) is 21.6. The Bertz CT molecular complexity index is 2000. The molecule has 1 spiro atoms. The summed E-state index contributed by atoms with van der Waals surface area (Å²) < 4.78 is 47.7. The van der Waals surface area contributed by atoms with E-state index in [0.29, 0.717) is 69.6 Å². The summed E-state index contributed by atoms with van der Waals surface area (Å²) in [5, 5.41) is 11.8. The summed E-state index contributed by atoms with van der Waals surface area (Å²) >= 11 is 7.71. The maximum atomic E-state index is 13.9. The number of carboxylic acid groups (broad SMARTS) is 1. The van der Waals surface area contributed by atoms with Crippen molar-refractivity contribution >= 4 is 39.1 Å². The number of hydrogen-bond donors (Lipinski definition) is 1. The molecule has 2 atom stereocenters. The van der Waals surface area contributed by atoms with Crippen LogP contribution in [0.25, 0.3) is 21.3 Å². The molecule has 14 heteroatoms. The molecule has 0 bridgehead atoms. The fourth-order valence-electron chi connectivity index (χ4n) is 7.99. The third-order valence-corrected chi connectivity index (χ3v) is 11.5. The predicted octanol–water partition coefficient (Wildman–Crippen LogP) is 6.38. The highest BCUT2D eigenvalue weighted by molar-refractivity contribution is 7.18. The minimum Gasteiger partial charge on any atom is -0.491 e. The number of likely N-dealkylation sites (tertiary alicyclic amines) is 2. The number of aromatic carboxylic acids is 1. The van der Waals surface area contributed by atoms with Gasteiger partial charge in [0, 0.05) is 51.9 Å². The lowest BCUT2D eigenvalue weighted by Gasteiger charge is -2.33. The van der Waals surface area contributed by atoms with E-state index in [-0.39, 0.29) is 35.7 Å². The first-order valence-electron chi connectivity index (χ1n) is 16.5. The molecule has 2 fully saturated rings. The van der Waals surface area contributed by atoms with Gasteiger partial charge in [-0.1, -0.05) is 11.6 Å². The van der Waals surface area contributed by atoms with Crippen molar-refractivity contribution in [2.24, 2.45) is 5.41 Å². The summed E-state index contributed by atoms with van der Waals surface area (Å²) in [4.78, 5) is 38.9. The van der Waals surface area contributed by atoms with Crippen molar-refractivity contribution in [1.29, 1.82) is 0 Å². The summed E-state index contributed by atoms with van der Waals surface area (Å²) in [6, 6.07) is 7.32. The minimum absolute atomic E-state index is 0.0792. The number of pyridine rings is 1. The topological polar surface area (TPSA) is 101 Å². The van der Waals surface area contributed by atoms with Gasteiger partial charge in [-0.3, -0.25) is 24.1 Å². The van der Waals surface area contributed by atoms with Crippen LogP contribution in [-0.4, -0.2) is 87.0 Å². The number of hydrogen-bond acceptors (Lipinski definition) is 8. The average molecular weight is 716 g/mol. The summed E-state index contributed by atoms with van der Waals surface area (Å²) in [5.74, 6) is 0.115. The second-order valence-corrected chi connectivity index (χ2v) is 15.0. The molecule has 49 heavy (non-hydrogen) atoms. The van der Waals surface area contributed by atoms with Crippen LogP contribution in [0, 0.1) is 19.3 Å². The first kappa shape index (κ1) is 34.0. The molecule has 4 aromatic rings. The Kier molecular flexibility index (Phi) is 9.00. The van der Waals surface area contributed by atoms with Crippen LogP contribution >= 0.6 is 22.9 Å². The van der Waals surface area contributed by atoms with E-state index < -0.39 is 18.7 Å². The molecule has 1 N–H and O–H groups in total. The van der Waals surface area contributed by atoms with E-state index in [9.17, 15) is 27.9 Å². The molecular weight excluding hydrogens is 679 g/mol. The number of ether oxygens (including phenoxy) is 1. The molecular formula is C35H37ClF3N5O4S. The summed E-state index contributed by atoms with van der Waals surface area (Å²) in [5.41, 5.74) is 4.02. The summed E-state index contributed by atoms with van der Waals surface area (Å²) in [6.45, 7) is 5.77. The largest absolute Gasteiger partial charge is 0.491 e. The van der Waals surface area contributed by atoms with Gasteiger partial charge in [-0.2, -0.15) is 13.2 Å². The van der Waals surface area contributed by atoms with Gasteiger partial charge in [-0.25, -0.2) is 9.78 Å². The molecule has 5 heterocycles. The van der Waals surface area contributed by atoms with E-state index in [1.807, 2.05) is 19.9 Å². The molecule has 9 nitrogen and oxygen atoms in total. The number of aryl methyl sites for hydroxylation is 3. The molecule has 3 aromatic heterocycles. The highest BCUT2D eigenvalue weighted by Crippen LogP contribution is 2.43. The van der Waals surface area contributed by atoms with Gasteiger partial charge in [0.2, 0.25) is 0 Å². The van der Waals surface area contributed by atoms with Crippen LogP contribution in [0.15, 0.2) is 34.4 Å². The quantitative estimate of drug-likeness (QED) is 0.224. The Morgan fingerprint density at radius 3 is 2.71 bits per heavy atom. The number of carbonyl (C=O) groups is 1. The molecule has 0 saturated carbocycles. The first-order chi connectivity index (χ1) is 23.3. The SMILES string of the molecule is Cc1cc(-c2cc(Cl)ccc2OCCn2c(C)nc3c(c2=O)C[C@H](N2CCC4(CCN(CC(F)(F)F)C4)C2)CC3)c2scc(C(=O)O)c2n1. The molecule has 3 aliphatic rings. The van der Waals surface area contributed by atoms with Gasteiger partial charge in [0.25, 0.3) is 5.56 Å². The molecule has 1 aliphatic carbocycles. The molecule has 260 valence electrons. The van der Waals surface area contributed by atoms with E-state index in [4.69, 9.17) is 21.3 Å². The number of fused-ring (bicyclic) bond motifs is 2. The standard InChI is InChI=1S/C35H37ClF3N5O4S/c1-20-13-25(31-30(40-20)27(16-49-31)33(46)47)24-14-22(36)3-6-29(24)48-12-11-44-21(2)41-28-5-4-23(15-26(28)32(44)45)43-10-8-34(18-43)7-9-42(17-34)19-35(37,38)39/h3,6,13-14,16,23H,4-5,7-12,15,17-19H2,1-2H3,(H,46,47)/t23-,34?/m1/s1. The second kappa shape index (κ2) is 13.0. The maximum Gasteiger partial charge on any atom is 0.401 e. The number of benzene rings is 1. The highest BCUT2D eigenvalue weighted by atomic mass is 35.5.